The normalized spacial score (nSPS) is 10.7. The monoisotopic (exact) mass is 304 g/mol. The van der Waals surface area contributed by atoms with Gasteiger partial charge in [0.2, 0.25) is 0 Å². The Bertz CT molecular complexity index is 835. The van der Waals surface area contributed by atoms with Gasteiger partial charge in [0.1, 0.15) is 0 Å². The van der Waals surface area contributed by atoms with Crippen molar-refractivity contribution in [2.45, 2.75) is 19.8 Å². The largest absolute Gasteiger partial charge is 0.469 e. The van der Waals surface area contributed by atoms with Gasteiger partial charge < -0.3 is 4.74 Å². The molecule has 0 aliphatic heterocycles. The number of esters is 1. The van der Waals surface area contributed by atoms with Crippen LogP contribution in [0.1, 0.15) is 18.1 Å². The van der Waals surface area contributed by atoms with Crippen LogP contribution in [0.25, 0.3) is 21.9 Å². The van der Waals surface area contributed by atoms with Gasteiger partial charge in [-0.05, 0) is 45.5 Å². The lowest BCUT2D eigenvalue weighted by Gasteiger charge is -2.17. The van der Waals surface area contributed by atoms with E-state index in [0.717, 1.165) is 22.8 Å². The highest BCUT2D eigenvalue weighted by molar-refractivity contribution is 5.95. The van der Waals surface area contributed by atoms with E-state index < -0.39 is 0 Å². The Kier molecular flexibility index (Phi) is 4.42. The van der Waals surface area contributed by atoms with E-state index >= 15 is 0 Å². The van der Waals surface area contributed by atoms with Crippen LogP contribution in [-0.4, -0.2) is 13.1 Å². The highest BCUT2D eigenvalue weighted by Crippen LogP contribution is 2.33. The number of hydrogen-bond donors (Lipinski definition) is 0. The number of methoxy groups -OCH3 is 1. The van der Waals surface area contributed by atoms with Gasteiger partial charge in [-0.3, -0.25) is 4.79 Å². The molecular weight excluding hydrogens is 284 g/mol. The van der Waals surface area contributed by atoms with E-state index in [1.807, 2.05) is 30.3 Å². The molecule has 0 aromatic heterocycles. The van der Waals surface area contributed by atoms with Gasteiger partial charge in [0.25, 0.3) is 0 Å². The molecule has 0 N–H and O–H groups in total. The van der Waals surface area contributed by atoms with Gasteiger partial charge in [-0.1, -0.05) is 61.5 Å². The predicted molar refractivity (Wildman–Crippen MR) is 94.5 cm³/mol. The first-order valence-electron chi connectivity index (χ1n) is 7.90. The number of carbonyl (C=O) groups is 1. The first kappa shape index (κ1) is 15.3. The zero-order chi connectivity index (χ0) is 16.2. The Morgan fingerprint density at radius 3 is 2.35 bits per heavy atom. The number of carbonyl (C=O) groups excluding carboxylic acids is 1. The number of hydrogen-bond acceptors (Lipinski definition) is 2. The molecule has 0 atom stereocenters. The molecule has 0 saturated carbocycles. The first-order chi connectivity index (χ1) is 11.2. The minimum absolute atomic E-state index is 0.199. The zero-order valence-electron chi connectivity index (χ0n) is 13.5. The highest BCUT2D eigenvalue weighted by Gasteiger charge is 2.16. The van der Waals surface area contributed by atoms with Gasteiger partial charge in [0.15, 0.2) is 0 Å². The molecule has 3 rings (SSSR count). The van der Waals surface area contributed by atoms with Crippen LogP contribution in [0.5, 0.6) is 0 Å². The molecule has 0 spiro atoms. The SMILES string of the molecule is CCc1c(-c2ccccc2)cc2ccccc2c1CC(=O)OC. The lowest BCUT2D eigenvalue weighted by Crippen LogP contribution is -2.08. The van der Waals surface area contributed by atoms with Crippen LogP contribution < -0.4 is 0 Å². The van der Waals surface area contributed by atoms with Crippen LogP contribution in [0.2, 0.25) is 0 Å². The molecular formula is C21H20O2. The van der Waals surface area contributed by atoms with E-state index in [9.17, 15) is 4.79 Å². The third-order valence-electron chi connectivity index (χ3n) is 4.26. The molecule has 116 valence electrons. The molecule has 0 aliphatic carbocycles. The van der Waals surface area contributed by atoms with Crippen LogP contribution in [0.15, 0.2) is 60.7 Å². The first-order valence-corrected chi connectivity index (χ1v) is 7.90. The number of benzene rings is 3. The van der Waals surface area contributed by atoms with Gasteiger partial charge in [0, 0.05) is 0 Å². The molecule has 0 aliphatic rings. The fourth-order valence-electron chi connectivity index (χ4n) is 3.16. The quantitative estimate of drug-likeness (QED) is 0.648. The van der Waals surface area contributed by atoms with E-state index in [1.165, 1.54) is 23.8 Å². The van der Waals surface area contributed by atoms with Crippen molar-refractivity contribution in [1.82, 2.24) is 0 Å². The average molecular weight is 304 g/mol. The molecule has 0 saturated heterocycles. The second-order valence-electron chi connectivity index (χ2n) is 5.57. The summed E-state index contributed by atoms with van der Waals surface area (Å²) in [4.78, 5) is 11.9. The fourth-order valence-corrected chi connectivity index (χ4v) is 3.16. The van der Waals surface area contributed by atoms with Gasteiger partial charge in [0.05, 0.1) is 13.5 Å². The summed E-state index contributed by atoms with van der Waals surface area (Å²) in [5.41, 5.74) is 4.68. The van der Waals surface area contributed by atoms with Gasteiger partial charge in [-0.25, -0.2) is 0 Å². The van der Waals surface area contributed by atoms with Crippen molar-refractivity contribution in [2.24, 2.45) is 0 Å². The molecule has 0 heterocycles. The summed E-state index contributed by atoms with van der Waals surface area (Å²) in [6.07, 6.45) is 1.18. The van der Waals surface area contributed by atoms with Gasteiger partial charge >= 0.3 is 5.97 Å². The summed E-state index contributed by atoms with van der Waals surface area (Å²) < 4.78 is 4.91. The maximum atomic E-state index is 11.9. The van der Waals surface area contributed by atoms with Crippen molar-refractivity contribution in [3.63, 3.8) is 0 Å². The van der Waals surface area contributed by atoms with Crippen molar-refractivity contribution in [2.75, 3.05) is 7.11 Å². The maximum absolute atomic E-state index is 11.9. The number of rotatable bonds is 4. The smallest absolute Gasteiger partial charge is 0.310 e. The Hall–Kier alpha value is -2.61. The molecule has 0 radical (unpaired) electrons. The molecule has 2 heteroatoms. The van der Waals surface area contributed by atoms with Crippen molar-refractivity contribution in [3.8, 4) is 11.1 Å². The summed E-state index contributed by atoms with van der Waals surface area (Å²) in [7, 11) is 1.44. The van der Waals surface area contributed by atoms with Crippen molar-refractivity contribution < 1.29 is 9.53 Å². The van der Waals surface area contributed by atoms with Crippen molar-refractivity contribution >= 4 is 16.7 Å². The molecule has 2 nitrogen and oxygen atoms in total. The Balaban J connectivity index is 2.30. The van der Waals surface area contributed by atoms with E-state index in [1.54, 1.807) is 0 Å². The van der Waals surface area contributed by atoms with Crippen LogP contribution in [0.3, 0.4) is 0 Å². The second kappa shape index (κ2) is 6.66. The zero-order valence-corrected chi connectivity index (χ0v) is 13.5. The standard InChI is InChI=1S/C21H20O2/c1-3-17-19(15-9-5-4-6-10-15)13-16-11-7-8-12-18(16)20(17)14-21(22)23-2/h4-13H,3,14H2,1-2H3. The van der Waals surface area contributed by atoms with Crippen LogP contribution in [0.4, 0.5) is 0 Å². The van der Waals surface area contributed by atoms with E-state index in [2.05, 4.69) is 37.3 Å². The Morgan fingerprint density at radius 1 is 0.957 bits per heavy atom. The van der Waals surface area contributed by atoms with Crippen LogP contribution >= 0.6 is 0 Å². The summed E-state index contributed by atoms with van der Waals surface area (Å²) in [5.74, 6) is -0.199. The third kappa shape index (κ3) is 2.98. The molecule has 0 amide bonds. The maximum Gasteiger partial charge on any atom is 0.310 e. The number of fused-ring (bicyclic) bond motifs is 1. The minimum atomic E-state index is -0.199. The summed E-state index contributed by atoms with van der Waals surface area (Å²) in [6.45, 7) is 2.14. The molecule has 23 heavy (non-hydrogen) atoms. The molecule has 3 aromatic carbocycles. The van der Waals surface area contributed by atoms with Crippen LogP contribution in [0, 0.1) is 0 Å². The predicted octanol–water partition coefficient (Wildman–Crippen LogP) is 4.78. The van der Waals surface area contributed by atoms with Gasteiger partial charge in [-0.15, -0.1) is 0 Å². The van der Waals surface area contributed by atoms with Crippen LogP contribution in [-0.2, 0) is 22.4 Å². The summed E-state index contributed by atoms with van der Waals surface area (Å²) in [6, 6.07) is 20.8. The number of ether oxygens (including phenoxy) is 1. The van der Waals surface area contributed by atoms with E-state index in [4.69, 9.17) is 4.74 Å². The molecule has 3 aromatic rings. The average Bonchev–Trinajstić information content (AvgIpc) is 2.62. The van der Waals surface area contributed by atoms with Gasteiger partial charge in [-0.2, -0.15) is 0 Å². The lowest BCUT2D eigenvalue weighted by molar-refractivity contribution is -0.139. The summed E-state index contributed by atoms with van der Waals surface area (Å²) in [5, 5.41) is 2.29. The van der Waals surface area contributed by atoms with Crippen molar-refractivity contribution in [3.05, 3.63) is 71.8 Å². The van der Waals surface area contributed by atoms with Crippen molar-refractivity contribution in [1.29, 1.82) is 0 Å². The molecule has 0 bridgehead atoms. The summed E-state index contributed by atoms with van der Waals surface area (Å²) >= 11 is 0. The molecule has 0 unspecified atom stereocenters. The van der Waals surface area contributed by atoms with E-state index in [-0.39, 0.29) is 5.97 Å². The topological polar surface area (TPSA) is 26.3 Å². The Labute approximate surface area is 136 Å². The molecule has 0 fully saturated rings. The van der Waals surface area contributed by atoms with E-state index in [0.29, 0.717) is 6.42 Å². The minimum Gasteiger partial charge on any atom is -0.469 e. The second-order valence-corrected chi connectivity index (χ2v) is 5.57. The fraction of sp³-hybridized carbons (Fsp3) is 0.190. The third-order valence-corrected chi connectivity index (χ3v) is 4.26. The highest BCUT2D eigenvalue weighted by atomic mass is 16.5. The lowest BCUT2D eigenvalue weighted by atomic mass is 9.88. The Morgan fingerprint density at radius 2 is 1.65 bits per heavy atom.